The van der Waals surface area contributed by atoms with Gasteiger partial charge in [-0.25, -0.2) is 4.39 Å². The van der Waals surface area contributed by atoms with Crippen LogP contribution in [0.4, 0.5) is 4.39 Å². The third-order valence-corrected chi connectivity index (χ3v) is 2.72. The summed E-state index contributed by atoms with van der Waals surface area (Å²) in [5, 5.41) is 0.349. The van der Waals surface area contributed by atoms with Crippen LogP contribution in [0.5, 0.6) is 0 Å². The van der Waals surface area contributed by atoms with Crippen LogP contribution in [0.25, 0.3) is 0 Å². The second-order valence-electron chi connectivity index (χ2n) is 3.82. The lowest BCUT2D eigenvalue weighted by atomic mass is 10.0. The predicted octanol–water partition coefficient (Wildman–Crippen LogP) is 4.02. The Hall–Kier alpha value is -1.67. The summed E-state index contributed by atoms with van der Waals surface area (Å²) in [5.74, 6) is -0.912. The monoisotopic (exact) mass is 248 g/mol. The largest absolute Gasteiger partial charge is 0.288 e. The number of benzene rings is 2. The quantitative estimate of drug-likeness (QED) is 0.734. The van der Waals surface area contributed by atoms with E-state index in [1.165, 1.54) is 18.2 Å². The molecule has 0 saturated carbocycles. The Balaban J connectivity index is 2.43. The number of halogens is 2. The number of ketones is 1. The molecule has 17 heavy (non-hydrogen) atoms. The zero-order chi connectivity index (χ0) is 12.4. The van der Waals surface area contributed by atoms with Gasteiger partial charge in [-0.1, -0.05) is 41.4 Å². The van der Waals surface area contributed by atoms with Crippen LogP contribution in [0.3, 0.4) is 0 Å². The number of carbonyl (C=O) groups is 1. The minimum Gasteiger partial charge on any atom is -0.288 e. The van der Waals surface area contributed by atoms with Crippen molar-refractivity contribution in [3.8, 4) is 0 Å². The molecule has 0 spiro atoms. The summed E-state index contributed by atoms with van der Waals surface area (Å²) in [7, 11) is 0. The molecule has 0 bridgehead atoms. The van der Waals surface area contributed by atoms with Gasteiger partial charge in [0.15, 0.2) is 5.78 Å². The maximum atomic E-state index is 13.5. The topological polar surface area (TPSA) is 17.1 Å². The summed E-state index contributed by atoms with van der Waals surface area (Å²) in [6.07, 6.45) is 0. The van der Waals surface area contributed by atoms with Gasteiger partial charge in [0, 0.05) is 10.6 Å². The van der Waals surface area contributed by atoms with E-state index in [4.69, 9.17) is 11.6 Å². The normalized spacial score (nSPS) is 10.3. The lowest BCUT2D eigenvalue weighted by molar-refractivity contribution is 0.103. The average Bonchev–Trinajstić information content (AvgIpc) is 2.32. The summed E-state index contributed by atoms with van der Waals surface area (Å²) in [5.41, 5.74) is 1.51. The third kappa shape index (κ3) is 2.53. The van der Waals surface area contributed by atoms with E-state index in [9.17, 15) is 9.18 Å². The Morgan fingerprint density at radius 2 is 1.76 bits per heavy atom. The highest BCUT2D eigenvalue weighted by Gasteiger charge is 2.14. The molecule has 0 fully saturated rings. The summed E-state index contributed by atoms with van der Waals surface area (Å²) >= 11 is 5.75. The van der Waals surface area contributed by atoms with Gasteiger partial charge in [0.2, 0.25) is 0 Å². The van der Waals surface area contributed by atoms with Gasteiger partial charge in [-0.15, -0.1) is 0 Å². The van der Waals surface area contributed by atoms with E-state index in [2.05, 4.69) is 0 Å². The van der Waals surface area contributed by atoms with Crippen molar-refractivity contribution in [3.63, 3.8) is 0 Å². The molecule has 0 unspecified atom stereocenters. The number of aryl methyl sites for hydroxylation is 1. The summed E-state index contributed by atoms with van der Waals surface area (Å²) in [6.45, 7) is 1.92. The molecule has 0 aliphatic rings. The van der Waals surface area contributed by atoms with Crippen LogP contribution in [0.2, 0.25) is 5.02 Å². The predicted molar refractivity (Wildman–Crippen MR) is 66.0 cm³/mol. The van der Waals surface area contributed by atoms with Crippen LogP contribution in [0.15, 0.2) is 42.5 Å². The third-order valence-electron chi connectivity index (χ3n) is 2.49. The first-order valence-corrected chi connectivity index (χ1v) is 5.52. The molecule has 0 aliphatic heterocycles. The summed E-state index contributed by atoms with van der Waals surface area (Å²) in [6, 6.07) is 11.0. The molecular formula is C14H10ClFO. The number of rotatable bonds is 2. The maximum Gasteiger partial charge on any atom is 0.196 e. The van der Waals surface area contributed by atoms with Gasteiger partial charge < -0.3 is 0 Å². The molecule has 0 radical (unpaired) electrons. The van der Waals surface area contributed by atoms with Crippen molar-refractivity contribution >= 4 is 17.4 Å². The first-order chi connectivity index (χ1) is 8.08. The molecule has 3 heteroatoms. The van der Waals surface area contributed by atoms with E-state index in [0.29, 0.717) is 10.6 Å². The number of carbonyl (C=O) groups excluding carboxylic acids is 1. The van der Waals surface area contributed by atoms with Crippen molar-refractivity contribution in [1.29, 1.82) is 0 Å². The molecular weight excluding hydrogens is 239 g/mol. The molecule has 2 aromatic carbocycles. The van der Waals surface area contributed by atoms with E-state index in [1.807, 2.05) is 19.1 Å². The van der Waals surface area contributed by atoms with Gasteiger partial charge in [-0.05, 0) is 25.1 Å². The fraction of sp³-hybridized carbons (Fsp3) is 0.0714. The highest BCUT2D eigenvalue weighted by atomic mass is 35.5. The first kappa shape index (κ1) is 11.8. The average molecular weight is 249 g/mol. The van der Waals surface area contributed by atoms with Crippen LogP contribution in [0, 0.1) is 12.7 Å². The zero-order valence-electron chi connectivity index (χ0n) is 9.21. The molecule has 86 valence electrons. The first-order valence-electron chi connectivity index (χ1n) is 5.14. The van der Waals surface area contributed by atoms with Crippen molar-refractivity contribution in [2.45, 2.75) is 6.92 Å². The zero-order valence-corrected chi connectivity index (χ0v) is 9.96. The Morgan fingerprint density at radius 1 is 1.12 bits per heavy atom. The second-order valence-corrected chi connectivity index (χ2v) is 4.26. The van der Waals surface area contributed by atoms with E-state index in [0.717, 1.165) is 5.56 Å². The molecule has 0 atom stereocenters. The fourth-order valence-electron chi connectivity index (χ4n) is 1.53. The minimum atomic E-state index is -0.556. The molecule has 0 N–H and O–H groups in total. The summed E-state index contributed by atoms with van der Waals surface area (Å²) < 4.78 is 13.5. The Morgan fingerprint density at radius 3 is 2.41 bits per heavy atom. The van der Waals surface area contributed by atoms with Crippen molar-refractivity contribution in [2.75, 3.05) is 0 Å². The van der Waals surface area contributed by atoms with Crippen molar-refractivity contribution in [2.24, 2.45) is 0 Å². The number of hydrogen-bond donors (Lipinski definition) is 0. The van der Waals surface area contributed by atoms with Crippen LogP contribution < -0.4 is 0 Å². The summed E-state index contributed by atoms with van der Waals surface area (Å²) in [4.78, 5) is 12.0. The van der Waals surface area contributed by atoms with Crippen LogP contribution >= 0.6 is 11.6 Å². The van der Waals surface area contributed by atoms with Crippen LogP contribution in [0.1, 0.15) is 21.5 Å². The van der Waals surface area contributed by atoms with E-state index < -0.39 is 5.82 Å². The van der Waals surface area contributed by atoms with Gasteiger partial charge in [0.05, 0.1) is 5.56 Å². The molecule has 0 heterocycles. The smallest absolute Gasteiger partial charge is 0.196 e. The van der Waals surface area contributed by atoms with E-state index in [-0.39, 0.29) is 11.3 Å². The maximum absolute atomic E-state index is 13.5. The van der Waals surface area contributed by atoms with Crippen LogP contribution in [-0.4, -0.2) is 5.78 Å². The highest BCUT2D eigenvalue weighted by molar-refractivity contribution is 6.31. The lowest BCUT2D eigenvalue weighted by Crippen LogP contribution is -2.04. The molecule has 0 saturated heterocycles. The highest BCUT2D eigenvalue weighted by Crippen LogP contribution is 2.18. The fourth-order valence-corrected chi connectivity index (χ4v) is 1.70. The molecule has 2 aromatic rings. The minimum absolute atomic E-state index is 0.00125. The van der Waals surface area contributed by atoms with Gasteiger partial charge in [0.1, 0.15) is 5.82 Å². The SMILES string of the molecule is Cc1ccc(C(=O)c2cc(Cl)ccc2F)cc1. The van der Waals surface area contributed by atoms with Gasteiger partial charge >= 0.3 is 0 Å². The van der Waals surface area contributed by atoms with Gasteiger partial charge in [-0.2, -0.15) is 0 Å². The molecule has 0 aliphatic carbocycles. The van der Waals surface area contributed by atoms with Gasteiger partial charge in [0.25, 0.3) is 0 Å². The van der Waals surface area contributed by atoms with Gasteiger partial charge in [-0.3, -0.25) is 4.79 Å². The van der Waals surface area contributed by atoms with Crippen LogP contribution in [-0.2, 0) is 0 Å². The Labute approximate surface area is 104 Å². The molecule has 2 rings (SSSR count). The molecule has 0 aromatic heterocycles. The molecule has 0 amide bonds. The lowest BCUT2D eigenvalue weighted by Gasteiger charge is -2.03. The van der Waals surface area contributed by atoms with Crippen molar-refractivity contribution in [1.82, 2.24) is 0 Å². The molecule has 1 nitrogen and oxygen atoms in total. The van der Waals surface area contributed by atoms with Crippen molar-refractivity contribution in [3.05, 3.63) is 70.0 Å². The van der Waals surface area contributed by atoms with E-state index >= 15 is 0 Å². The second kappa shape index (κ2) is 4.68. The van der Waals surface area contributed by atoms with E-state index in [1.54, 1.807) is 12.1 Å². The Kier molecular flexibility index (Phi) is 3.25. The Bertz CT molecular complexity index is 561. The standard InChI is InChI=1S/C14H10ClFO/c1-9-2-4-10(5-3-9)14(17)12-8-11(15)6-7-13(12)16/h2-8H,1H3. The number of hydrogen-bond acceptors (Lipinski definition) is 1. The van der Waals surface area contributed by atoms with Crippen molar-refractivity contribution < 1.29 is 9.18 Å².